The fourth-order valence-corrected chi connectivity index (χ4v) is 12.2. The average Bonchev–Trinajstić information content (AvgIpc) is 0.782. The van der Waals surface area contributed by atoms with Gasteiger partial charge in [0, 0.05) is 45.3 Å². The second-order valence-corrected chi connectivity index (χ2v) is 28.3. The molecule has 0 unspecified atom stereocenters. The summed E-state index contributed by atoms with van der Waals surface area (Å²) in [7, 11) is 1.51. The van der Waals surface area contributed by atoms with E-state index < -0.39 is 113 Å². The molecule has 0 saturated carbocycles. The van der Waals surface area contributed by atoms with Gasteiger partial charge in [0.25, 0.3) is 34.3 Å². The number of carbonyl (C=O) groups excluding carboxylic acids is 2. The zero-order chi connectivity index (χ0) is 88.1. The first-order valence-corrected chi connectivity index (χ1v) is 36.0. The summed E-state index contributed by atoms with van der Waals surface area (Å²) in [6, 6.07) is 68.2. The molecule has 0 aliphatic heterocycles. The third-order valence-corrected chi connectivity index (χ3v) is 18.3. The van der Waals surface area contributed by atoms with Crippen LogP contribution in [0.2, 0.25) is 0 Å². The number of non-ortho nitro benzene ring substituents is 3. The fraction of sp³-hybridized carbons (Fsp3) is 0.129. The lowest BCUT2D eigenvalue weighted by Gasteiger charge is -2.28. The Bertz CT molecular complexity index is 5920. The van der Waals surface area contributed by atoms with E-state index in [-0.39, 0.29) is 39.6 Å². The van der Waals surface area contributed by atoms with Crippen LogP contribution >= 0.6 is 0 Å². The molecule has 0 fully saturated rings. The minimum atomic E-state index is -0.986. The Morgan fingerprint density at radius 2 is 0.496 bits per heavy atom. The van der Waals surface area contributed by atoms with Crippen molar-refractivity contribution in [3.63, 3.8) is 0 Å². The normalized spacial score (nSPS) is 10.9. The first kappa shape index (κ1) is 86.6. The van der Waals surface area contributed by atoms with Crippen molar-refractivity contribution in [2.45, 2.75) is 66.2 Å². The maximum Gasteiger partial charge on any atom is 0.325 e. The van der Waals surface area contributed by atoms with Gasteiger partial charge < -0.3 is 33.6 Å². The van der Waals surface area contributed by atoms with Crippen LogP contribution in [-0.2, 0) is 10.8 Å². The van der Waals surface area contributed by atoms with Crippen molar-refractivity contribution in [1.82, 2.24) is 0 Å². The Hall–Kier alpha value is -16.8. The molecule has 12 aromatic rings. The topological polar surface area (TPSA) is 469 Å². The van der Waals surface area contributed by atoms with Gasteiger partial charge in [0.1, 0.15) is 5.75 Å². The van der Waals surface area contributed by atoms with Crippen molar-refractivity contribution in [2.24, 2.45) is 0 Å². The number of hydrogen-bond donors (Lipinski definition) is 0. The van der Waals surface area contributed by atoms with E-state index in [1.807, 2.05) is 83.8 Å². The summed E-state index contributed by atoms with van der Waals surface area (Å²) >= 11 is 0. The highest BCUT2D eigenvalue weighted by atomic mass is 16.7. The van der Waals surface area contributed by atoms with Crippen molar-refractivity contribution in [2.75, 3.05) is 21.8 Å². The molecule has 0 bridgehead atoms. The summed E-state index contributed by atoms with van der Waals surface area (Å²) in [5.41, 5.74) is -0.00293. The molecule has 12 aromatic carbocycles. The van der Waals surface area contributed by atoms with Gasteiger partial charge in [-0.05, 0) is 181 Å². The van der Waals surface area contributed by atoms with Crippen molar-refractivity contribution in [3.8, 4) is 40.2 Å². The third-order valence-electron chi connectivity index (χ3n) is 18.3. The Balaban J connectivity index is 0.000000191. The molecular formula is C85H70N12O24. The van der Waals surface area contributed by atoms with E-state index in [4.69, 9.17) is 18.9 Å². The fourth-order valence-electron chi connectivity index (χ4n) is 12.2. The first-order chi connectivity index (χ1) is 57.3. The highest BCUT2D eigenvalue weighted by Gasteiger charge is 2.38. The molecular weight excluding hydrogens is 1570 g/mol. The van der Waals surface area contributed by atoms with Crippen LogP contribution in [0.5, 0.6) is 40.2 Å². The summed E-state index contributed by atoms with van der Waals surface area (Å²) in [6.07, 6.45) is 0. The molecule has 36 heteroatoms. The first-order valence-electron chi connectivity index (χ1n) is 36.0. The Kier molecular flexibility index (Phi) is 26.3. The summed E-state index contributed by atoms with van der Waals surface area (Å²) in [6.45, 7) is 15.4. The number of nitrogens with zero attached hydrogens (tertiary/aromatic N) is 12. The maximum atomic E-state index is 11.9. The largest absolute Gasteiger partial charge is 0.497 e. The molecule has 0 amide bonds. The molecule has 0 radical (unpaired) electrons. The van der Waals surface area contributed by atoms with Gasteiger partial charge in [0.05, 0.1) is 105 Å². The molecule has 12 rings (SSSR count). The van der Waals surface area contributed by atoms with Crippen molar-refractivity contribution in [3.05, 3.63) is 374 Å². The number of nitro groups is 9. The van der Waals surface area contributed by atoms with Crippen molar-refractivity contribution in [1.29, 1.82) is 0 Å². The number of ketones is 2. The number of carbonyl (C=O) groups is 2. The Labute approximate surface area is 686 Å². The average molecular weight is 1640 g/mol. The van der Waals surface area contributed by atoms with E-state index in [0.717, 1.165) is 22.5 Å². The molecule has 0 atom stereocenters. The van der Waals surface area contributed by atoms with Crippen LogP contribution in [0.15, 0.2) is 261 Å². The highest BCUT2D eigenvalue weighted by Crippen LogP contribution is 2.52. The van der Waals surface area contributed by atoms with Crippen LogP contribution in [0, 0.1) is 91.0 Å². The SMILES string of the molecule is CC(=O)c1ccc(N(c2ccc(C(C)(C)C)cc2)c2ccccc2Oc2c([N+](=O)[O-])cc([N+](=O)[O-])cc2[N+](=O)[O-])cc1.CC(C)(C)c1ccc(N(c2ccccc2)c2ccccc2Oc2c([N+](=O)[O-])cc([N+](=O)[O-])cc2[N+](=O)[O-])cc1.COc1ccc(N(c2ccc(C(C)=O)cc2)c2ccccc2Oc2c([N+](=O)[O-])cc([N+](=O)[O-])cc2[N+](=O)[O-])cc1. The van der Waals surface area contributed by atoms with Gasteiger partial charge in [0.15, 0.2) is 28.8 Å². The number of benzene rings is 12. The van der Waals surface area contributed by atoms with E-state index in [9.17, 15) is 101 Å². The predicted octanol–water partition coefficient (Wildman–Crippen LogP) is 23.0. The molecule has 121 heavy (non-hydrogen) atoms. The molecule has 0 aromatic heterocycles. The number of hydrogen-bond acceptors (Lipinski definition) is 27. The smallest absolute Gasteiger partial charge is 0.325 e. The van der Waals surface area contributed by atoms with E-state index in [2.05, 4.69) is 41.5 Å². The summed E-state index contributed by atoms with van der Waals surface area (Å²) in [5, 5.41) is 105. The summed E-state index contributed by atoms with van der Waals surface area (Å²) in [4.78, 5) is 125. The van der Waals surface area contributed by atoms with Crippen LogP contribution in [0.4, 0.5) is 102 Å². The van der Waals surface area contributed by atoms with Crippen LogP contribution in [-0.4, -0.2) is 63.0 Å². The van der Waals surface area contributed by atoms with Gasteiger partial charge >= 0.3 is 34.1 Å². The predicted molar refractivity (Wildman–Crippen MR) is 447 cm³/mol. The zero-order valence-electron chi connectivity index (χ0n) is 65.5. The molecule has 0 N–H and O–H groups in total. The summed E-state index contributed by atoms with van der Waals surface area (Å²) < 4.78 is 22.9. The number of anilines is 9. The number of nitro benzene ring substituents is 9. The standard InChI is InChI=1S/C30H26N4O8.C28H24N4O7.C27H20N4O9/c1-19(35)20-9-13-22(14-10-20)31(23-15-11-21(12-16-23)30(2,3)4)25-7-5-6-8-28(25)42-29-26(33(38)39)17-24(32(36)37)18-27(29)34(40)41;1-28(2,3)19-13-15-21(16-14-19)29(20-9-5-4-6-10-20)23-11-7-8-12-26(23)39-27-24(31(35)36)17-22(30(33)34)18-25(27)32(37)38;1-17(32)18-7-9-19(10-8-18)28(20-11-13-22(39-2)14-12-20)23-5-3-4-6-26(23)40-27-24(30(35)36)15-21(29(33)34)16-25(27)31(37)38/h5-18H,1-4H3;4-18H,1-3H3;3-16H,1-2H3. The van der Waals surface area contributed by atoms with E-state index >= 15 is 0 Å². The van der Waals surface area contributed by atoms with Gasteiger partial charge in [-0.25, -0.2) is 0 Å². The maximum absolute atomic E-state index is 11.9. The molecule has 614 valence electrons. The molecule has 0 aliphatic rings. The second-order valence-electron chi connectivity index (χ2n) is 28.3. The van der Waals surface area contributed by atoms with E-state index in [1.165, 1.54) is 39.2 Å². The van der Waals surface area contributed by atoms with Gasteiger partial charge in [0.2, 0.25) is 0 Å². The highest BCUT2D eigenvalue weighted by molar-refractivity contribution is 5.96. The van der Waals surface area contributed by atoms with E-state index in [1.54, 1.807) is 137 Å². The summed E-state index contributed by atoms with van der Waals surface area (Å²) in [5.74, 6) is -1.85. The Morgan fingerprint density at radius 3 is 0.711 bits per heavy atom. The molecule has 0 aliphatic carbocycles. The number of Topliss-reactive ketones (excluding diaryl/α,β-unsaturated/α-hetero) is 2. The van der Waals surface area contributed by atoms with Crippen LogP contribution < -0.4 is 33.6 Å². The number of ether oxygens (including phenoxy) is 4. The van der Waals surface area contributed by atoms with Crippen LogP contribution in [0.1, 0.15) is 87.2 Å². The van der Waals surface area contributed by atoms with Crippen LogP contribution in [0.25, 0.3) is 0 Å². The van der Waals surface area contributed by atoms with Crippen molar-refractivity contribution < 1.29 is 72.8 Å². The zero-order valence-corrected chi connectivity index (χ0v) is 65.5. The number of rotatable bonds is 27. The van der Waals surface area contributed by atoms with Gasteiger partial charge in [-0.2, -0.15) is 0 Å². The van der Waals surface area contributed by atoms with Gasteiger partial charge in [-0.3, -0.25) is 101 Å². The third kappa shape index (κ3) is 20.3. The van der Waals surface area contributed by atoms with Gasteiger partial charge in [-0.15, -0.1) is 0 Å². The minimum Gasteiger partial charge on any atom is -0.497 e. The minimum absolute atomic E-state index is 0.00750. The van der Waals surface area contributed by atoms with Crippen molar-refractivity contribution >= 4 is 114 Å². The number of para-hydroxylation sites is 7. The second kappa shape index (κ2) is 36.8. The molecule has 0 saturated heterocycles. The number of methoxy groups -OCH3 is 1. The lowest BCUT2D eigenvalue weighted by Crippen LogP contribution is -2.14. The van der Waals surface area contributed by atoms with Crippen LogP contribution in [0.3, 0.4) is 0 Å². The molecule has 0 spiro atoms. The van der Waals surface area contributed by atoms with Gasteiger partial charge in [-0.1, -0.05) is 120 Å². The lowest BCUT2D eigenvalue weighted by molar-refractivity contribution is -0.404. The quantitative estimate of drug-likeness (QED) is 0.0262. The lowest BCUT2D eigenvalue weighted by atomic mass is 9.87. The Morgan fingerprint density at radius 1 is 0.281 bits per heavy atom. The molecule has 0 heterocycles. The monoisotopic (exact) mass is 1640 g/mol. The molecule has 36 nitrogen and oxygen atoms in total. The van der Waals surface area contributed by atoms with E-state index in [0.29, 0.717) is 93.1 Å².